The number of benzene rings is 1. The number of guanidine groups is 1. The number of thiophene rings is 1. The van der Waals surface area contributed by atoms with Gasteiger partial charge in [-0.1, -0.05) is 32.9 Å². The molecule has 1 aromatic heterocycles. The van der Waals surface area contributed by atoms with Crippen LogP contribution < -0.4 is 20.3 Å². The third-order valence-corrected chi connectivity index (χ3v) is 8.16. The molecule has 0 fully saturated rings. The average molecular weight is 620 g/mol. The molecule has 42 heavy (non-hydrogen) atoms. The number of aliphatic imine (C=N–C) groups is 1. The molecule has 1 aromatic carbocycles. The van der Waals surface area contributed by atoms with Crippen LogP contribution in [0.1, 0.15) is 74.5 Å². The highest BCUT2D eigenvalue weighted by Crippen LogP contribution is 2.27. The fourth-order valence-electron chi connectivity index (χ4n) is 4.08. The number of amides is 2. The molecular formula is C29H41N5O6S2. The zero-order valence-corrected chi connectivity index (χ0v) is 26.6. The second-order valence-electron chi connectivity index (χ2n) is 11.9. The Labute approximate surface area is 253 Å². The third-order valence-electron chi connectivity index (χ3n) is 6.21. The molecule has 2 aromatic rings. The van der Waals surface area contributed by atoms with Gasteiger partial charge in [0.25, 0.3) is 17.2 Å². The van der Waals surface area contributed by atoms with Crippen LogP contribution in [0, 0.1) is 0 Å². The molecule has 0 saturated heterocycles. The zero-order chi connectivity index (χ0) is 31.1. The normalized spacial score (nSPS) is 15.1. The molecule has 3 rings (SSSR count). The van der Waals surface area contributed by atoms with Crippen molar-refractivity contribution in [3.63, 3.8) is 0 Å². The summed E-state index contributed by atoms with van der Waals surface area (Å²) in [6.45, 7) is 12.4. The molecule has 1 aliphatic heterocycles. The molecule has 0 radical (unpaired) electrons. The Morgan fingerprint density at radius 1 is 1.12 bits per heavy atom. The van der Waals surface area contributed by atoms with Gasteiger partial charge in [-0.2, -0.15) is 0 Å². The third kappa shape index (κ3) is 9.92. The molecule has 230 valence electrons. The van der Waals surface area contributed by atoms with Crippen LogP contribution in [0.3, 0.4) is 0 Å². The fraction of sp³-hybridized carbons (Fsp3) is 0.517. The van der Waals surface area contributed by atoms with Crippen molar-refractivity contribution in [3.05, 3.63) is 51.7 Å². The van der Waals surface area contributed by atoms with Crippen molar-refractivity contribution in [1.82, 2.24) is 16.0 Å². The highest BCUT2D eigenvalue weighted by molar-refractivity contribution is 7.80. The van der Waals surface area contributed by atoms with Crippen LogP contribution in [0.2, 0.25) is 0 Å². The maximum Gasteiger partial charge on any atom is 0.332 e. The summed E-state index contributed by atoms with van der Waals surface area (Å²) in [7, 11) is 0. The van der Waals surface area contributed by atoms with E-state index in [1.54, 1.807) is 45.0 Å². The minimum Gasteiger partial charge on any atom is -0.458 e. The Balaban J connectivity index is 1.70. The summed E-state index contributed by atoms with van der Waals surface area (Å²) in [6, 6.07) is 9.17. The number of hydrogen-bond acceptors (Lipinski definition) is 8. The molecule has 0 spiro atoms. The summed E-state index contributed by atoms with van der Waals surface area (Å²) in [4.78, 5) is 44.0. The quantitative estimate of drug-likeness (QED) is 0.235. The molecule has 4 N–H and O–H groups in total. The predicted molar refractivity (Wildman–Crippen MR) is 166 cm³/mol. The smallest absolute Gasteiger partial charge is 0.332 e. The number of ether oxygens (including phenoxy) is 1. The van der Waals surface area contributed by atoms with Crippen molar-refractivity contribution in [2.75, 3.05) is 23.9 Å². The van der Waals surface area contributed by atoms with E-state index in [1.165, 1.54) is 11.3 Å². The van der Waals surface area contributed by atoms with Crippen LogP contribution in [0.5, 0.6) is 0 Å². The minimum absolute atomic E-state index is 0.134. The van der Waals surface area contributed by atoms with Crippen molar-refractivity contribution in [2.45, 2.75) is 77.9 Å². The first-order chi connectivity index (χ1) is 19.6. The lowest BCUT2D eigenvalue weighted by Gasteiger charge is -2.31. The van der Waals surface area contributed by atoms with E-state index in [9.17, 15) is 23.1 Å². The van der Waals surface area contributed by atoms with Crippen molar-refractivity contribution in [1.29, 1.82) is 0 Å². The lowest BCUT2D eigenvalue weighted by molar-refractivity contribution is -0.156. The monoisotopic (exact) mass is 619 g/mol. The Morgan fingerprint density at radius 2 is 1.81 bits per heavy atom. The molecule has 2 atom stereocenters. The van der Waals surface area contributed by atoms with Crippen LogP contribution in [-0.2, 0) is 37.4 Å². The summed E-state index contributed by atoms with van der Waals surface area (Å²) in [5.74, 6) is -0.882. The molecule has 2 amide bonds. The van der Waals surface area contributed by atoms with Crippen LogP contribution >= 0.6 is 11.3 Å². The number of aryl methyl sites for hydroxylation is 1. The van der Waals surface area contributed by atoms with E-state index in [2.05, 4.69) is 41.7 Å². The summed E-state index contributed by atoms with van der Waals surface area (Å²) in [6.07, 6.45) is 1.60. The van der Waals surface area contributed by atoms with Gasteiger partial charge in [-0.05, 0) is 68.9 Å². The maximum atomic E-state index is 13.2. The number of nitrogens with zero attached hydrogens (tertiary/aromatic N) is 2. The van der Waals surface area contributed by atoms with Gasteiger partial charge in [0.1, 0.15) is 5.60 Å². The number of hydrogen-bond donors (Lipinski definition) is 4. The Kier molecular flexibility index (Phi) is 11.3. The highest BCUT2D eigenvalue weighted by Gasteiger charge is 2.35. The Morgan fingerprint density at radius 3 is 2.38 bits per heavy atom. The topological polar surface area (TPSA) is 149 Å². The van der Waals surface area contributed by atoms with Gasteiger partial charge in [0.05, 0.1) is 17.1 Å². The molecule has 0 saturated carbocycles. The van der Waals surface area contributed by atoms with Gasteiger partial charge in [-0.25, -0.2) is 9.00 Å². The fourth-order valence-corrected chi connectivity index (χ4v) is 5.68. The molecule has 1 aliphatic rings. The van der Waals surface area contributed by atoms with E-state index < -0.39 is 34.8 Å². The molecule has 0 bridgehead atoms. The molecule has 11 nitrogen and oxygen atoms in total. The van der Waals surface area contributed by atoms with Gasteiger partial charge >= 0.3 is 5.97 Å². The molecule has 2 heterocycles. The standard InChI is InChI=1S/C29H41N5O6S2/c1-28(2,3)19-8-10-20(11-9-19)34(42(38)39)22(26(37)40-29(4,5)6)18-32-25(36)23-14-12-21(41-23)13-15-24(35)33-27-30-16-7-17-31-27/h8-12,14,22H,7,13,15-18H2,1-6H3,(H,32,36)(H,38,39)(H2,30,31,33,35). The lowest BCUT2D eigenvalue weighted by Crippen LogP contribution is -2.51. The lowest BCUT2D eigenvalue weighted by atomic mass is 9.87. The van der Waals surface area contributed by atoms with E-state index in [0.29, 0.717) is 29.5 Å². The summed E-state index contributed by atoms with van der Waals surface area (Å²) in [5.41, 5.74) is 0.361. The van der Waals surface area contributed by atoms with Crippen molar-refractivity contribution in [3.8, 4) is 0 Å². The average Bonchev–Trinajstić information content (AvgIpc) is 3.38. The number of esters is 1. The SMILES string of the molecule is CC(C)(C)OC(=O)C(CNC(=O)c1ccc(CCC(=O)NC2=NCCCN2)s1)N(c1ccc(C(C)(C)C)cc1)S(=O)O. The van der Waals surface area contributed by atoms with Crippen molar-refractivity contribution >= 4 is 52.0 Å². The van der Waals surface area contributed by atoms with Crippen LogP contribution in [0.4, 0.5) is 5.69 Å². The van der Waals surface area contributed by atoms with E-state index in [1.807, 2.05) is 12.1 Å². The molecule has 0 aliphatic carbocycles. The summed E-state index contributed by atoms with van der Waals surface area (Å²) >= 11 is -1.36. The number of rotatable bonds is 10. The van der Waals surface area contributed by atoms with Gasteiger partial charge in [0.15, 0.2) is 12.0 Å². The minimum atomic E-state index is -2.59. The number of carbonyl (C=O) groups excluding carboxylic acids is 3. The van der Waals surface area contributed by atoms with E-state index in [0.717, 1.165) is 27.7 Å². The van der Waals surface area contributed by atoms with Gasteiger partial charge in [0, 0.05) is 24.4 Å². The largest absolute Gasteiger partial charge is 0.458 e. The van der Waals surface area contributed by atoms with Gasteiger partial charge < -0.3 is 15.4 Å². The second kappa shape index (κ2) is 14.3. The Bertz CT molecular complexity index is 1310. The van der Waals surface area contributed by atoms with Gasteiger partial charge in [0.2, 0.25) is 5.91 Å². The predicted octanol–water partition coefficient (Wildman–Crippen LogP) is 3.53. The number of nitrogens with one attached hydrogen (secondary N) is 3. The van der Waals surface area contributed by atoms with Crippen LogP contribution in [0.25, 0.3) is 0 Å². The first kappa shape index (κ1) is 33.2. The molecular weight excluding hydrogens is 578 g/mol. The van der Waals surface area contributed by atoms with Gasteiger partial charge in [-0.15, -0.1) is 11.3 Å². The number of anilines is 1. The number of carbonyl (C=O) groups is 3. The van der Waals surface area contributed by atoms with Crippen molar-refractivity contribution in [2.24, 2.45) is 4.99 Å². The second-order valence-corrected chi connectivity index (χ2v) is 14.0. The Hall–Kier alpha value is -3.29. The highest BCUT2D eigenvalue weighted by atomic mass is 32.2. The van der Waals surface area contributed by atoms with E-state index in [-0.39, 0.29) is 24.3 Å². The van der Waals surface area contributed by atoms with E-state index >= 15 is 0 Å². The van der Waals surface area contributed by atoms with E-state index in [4.69, 9.17) is 4.74 Å². The summed E-state index contributed by atoms with van der Waals surface area (Å²) < 4.78 is 29.4. The van der Waals surface area contributed by atoms with Crippen LogP contribution in [0.15, 0.2) is 41.4 Å². The zero-order valence-electron chi connectivity index (χ0n) is 25.0. The summed E-state index contributed by atoms with van der Waals surface area (Å²) in [5, 5.41) is 8.51. The molecule has 2 unspecified atom stereocenters. The first-order valence-electron chi connectivity index (χ1n) is 13.8. The van der Waals surface area contributed by atoms with Crippen molar-refractivity contribution < 1.29 is 27.9 Å². The molecule has 13 heteroatoms. The maximum absolute atomic E-state index is 13.2. The van der Waals surface area contributed by atoms with Gasteiger partial charge in [-0.3, -0.25) is 28.8 Å². The van der Waals surface area contributed by atoms with Crippen LogP contribution in [-0.4, -0.2) is 63.8 Å². The first-order valence-corrected chi connectivity index (χ1v) is 15.7.